The maximum Gasteiger partial charge on any atom is 0.326 e. The van der Waals surface area contributed by atoms with Gasteiger partial charge in [0.15, 0.2) is 0 Å². The van der Waals surface area contributed by atoms with Gasteiger partial charge in [-0.1, -0.05) is 45.8 Å². The van der Waals surface area contributed by atoms with Crippen LogP contribution in [-0.2, 0) is 16.0 Å². The van der Waals surface area contributed by atoms with Gasteiger partial charge in [0.2, 0.25) is 5.91 Å². The van der Waals surface area contributed by atoms with Gasteiger partial charge >= 0.3 is 5.97 Å². The smallest absolute Gasteiger partial charge is 0.326 e. The summed E-state index contributed by atoms with van der Waals surface area (Å²) in [4.78, 5) is 25.0. The number of rotatable bonds is 5. The lowest BCUT2D eigenvalue weighted by Gasteiger charge is -2.24. The molecule has 1 fully saturated rings. The molecule has 0 spiro atoms. The first kappa shape index (κ1) is 15.0. The molecule has 20 heavy (non-hydrogen) atoms. The molecule has 0 bridgehead atoms. The van der Waals surface area contributed by atoms with Gasteiger partial charge in [0.05, 0.1) is 0 Å². The maximum atomic E-state index is 12.0. The number of carbonyl (C=O) groups excluding carboxylic acids is 1. The zero-order chi connectivity index (χ0) is 14.7. The lowest BCUT2D eigenvalue weighted by Crippen LogP contribution is -2.43. The minimum atomic E-state index is -0.936. The highest BCUT2D eigenvalue weighted by Gasteiger charge is 2.37. The van der Waals surface area contributed by atoms with Crippen molar-refractivity contribution >= 4 is 27.8 Å². The molecule has 2 atom stereocenters. The van der Waals surface area contributed by atoms with Crippen LogP contribution in [0.4, 0.5) is 0 Å². The second-order valence-electron chi connectivity index (χ2n) is 5.31. The van der Waals surface area contributed by atoms with Gasteiger partial charge in [-0.3, -0.25) is 4.79 Å². The summed E-state index contributed by atoms with van der Waals surface area (Å²) in [6.45, 7) is 2.51. The lowest BCUT2D eigenvalue weighted by molar-refractivity contribution is -0.148. The second kappa shape index (κ2) is 6.39. The molecule has 1 saturated heterocycles. The number of amides is 1. The van der Waals surface area contributed by atoms with Gasteiger partial charge in [0.25, 0.3) is 0 Å². The summed E-state index contributed by atoms with van der Waals surface area (Å²) in [7, 11) is 0. The quantitative estimate of drug-likeness (QED) is 0.837. The van der Waals surface area contributed by atoms with E-state index in [1.54, 1.807) is 0 Å². The number of benzene rings is 1. The molecule has 2 rings (SSSR count). The van der Waals surface area contributed by atoms with Gasteiger partial charge < -0.3 is 10.0 Å². The van der Waals surface area contributed by atoms with Crippen LogP contribution in [0.1, 0.15) is 17.5 Å². The van der Waals surface area contributed by atoms with E-state index in [0.29, 0.717) is 19.4 Å². The van der Waals surface area contributed by atoms with Crippen LogP contribution in [0.3, 0.4) is 0 Å². The standard InChI is InChI=1S/C15H18BrNO3/c1-10-2-4-11(5-3-10)6-13(15(19)20)17-9-12(8-16)7-14(17)18/h2-5,12-13H,6-9H2,1H3,(H,19,20)/t12?,13-/m0/s1. The van der Waals surface area contributed by atoms with Crippen molar-refractivity contribution in [3.63, 3.8) is 0 Å². The molecular weight excluding hydrogens is 322 g/mol. The van der Waals surface area contributed by atoms with Gasteiger partial charge in [0.1, 0.15) is 6.04 Å². The molecule has 4 nitrogen and oxygen atoms in total. The fourth-order valence-electron chi connectivity index (χ4n) is 2.49. The van der Waals surface area contributed by atoms with E-state index in [-0.39, 0.29) is 11.8 Å². The second-order valence-corrected chi connectivity index (χ2v) is 5.96. The van der Waals surface area contributed by atoms with E-state index < -0.39 is 12.0 Å². The first-order valence-electron chi connectivity index (χ1n) is 6.65. The summed E-state index contributed by atoms with van der Waals surface area (Å²) in [5.41, 5.74) is 2.08. The largest absolute Gasteiger partial charge is 0.480 e. The summed E-state index contributed by atoms with van der Waals surface area (Å²) in [6, 6.07) is 7.00. The number of aryl methyl sites for hydroxylation is 1. The Kier molecular flexibility index (Phi) is 4.81. The third-order valence-corrected chi connectivity index (χ3v) is 4.58. The minimum Gasteiger partial charge on any atom is -0.480 e. The number of nitrogens with zero attached hydrogens (tertiary/aromatic N) is 1. The van der Waals surface area contributed by atoms with E-state index in [4.69, 9.17) is 0 Å². The Balaban J connectivity index is 2.13. The topological polar surface area (TPSA) is 57.6 Å². The first-order valence-corrected chi connectivity index (χ1v) is 7.77. The van der Waals surface area contributed by atoms with Crippen molar-refractivity contribution in [2.24, 2.45) is 5.92 Å². The van der Waals surface area contributed by atoms with Crippen LogP contribution in [0.5, 0.6) is 0 Å². The molecule has 0 aliphatic carbocycles. The molecule has 1 unspecified atom stereocenters. The molecule has 1 aliphatic heterocycles. The average molecular weight is 340 g/mol. The van der Waals surface area contributed by atoms with Crippen molar-refractivity contribution in [2.45, 2.75) is 25.8 Å². The van der Waals surface area contributed by atoms with Crippen LogP contribution >= 0.6 is 15.9 Å². The Hall–Kier alpha value is -1.36. The highest BCUT2D eigenvalue weighted by atomic mass is 79.9. The van der Waals surface area contributed by atoms with Crippen molar-refractivity contribution < 1.29 is 14.7 Å². The number of alkyl halides is 1. The van der Waals surface area contributed by atoms with Gasteiger partial charge in [-0.2, -0.15) is 0 Å². The maximum absolute atomic E-state index is 12.0. The molecule has 1 aromatic carbocycles. The van der Waals surface area contributed by atoms with Crippen LogP contribution in [-0.4, -0.2) is 39.8 Å². The number of carboxylic acids is 1. The predicted molar refractivity (Wildman–Crippen MR) is 79.9 cm³/mol. The molecular formula is C15H18BrNO3. The van der Waals surface area contributed by atoms with Crippen molar-refractivity contribution in [3.8, 4) is 0 Å². The van der Waals surface area contributed by atoms with E-state index in [9.17, 15) is 14.7 Å². The van der Waals surface area contributed by atoms with Crippen molar-refractivity contribution in [1.82, 2.24) is 4.90 Å². The fourth-order valence-corrected chi connectivity index (χ4v) is 2.93. The SMILES string of the molecule is Cc1ccc(C[C@@H](C(=O)O)N2CC(CBr)CC2=O)cc1. The van der Waals surface area contributed by atoms with Gasteiger partial charge in [-0.25, -0.2) is 4.79 Å². The van der Waals surface area contributed by atoms with E-state index >= 15 is 0 Å². The molecule has 0 saturated carbocycles. The predicted octanol–water partition coefficient (Wildman–Crippen LogP) is 2.23. The summed E-state index contributed by atoms with van der Waals surface area (Å²) in [5, 5.41) is 10.1. The number of hydrogen-bond donors (Lipinski definition) is 1. The van der Waals surface area contributed by atoms with Gasteiger partial charge in [-0.15, -0.1) is 0 Å². The molecule has 1 N–H and O–H groups in total. The molecule has 1 heterocycles. The van der Waals surface area contributed by atoms with Gasteiger partial charge in [0, 0.05) is 24.7 Å². The summed E-state index contributed by atoms with van der Waals surface area (Å²) in [5.74, 6) is -0.787. The Morgan fingerprint density at radius 3 is 2.60 bits per heavy atom. The number of likely N-dealkylation sites (tertiary alicyclic amines) is 1. The summed E-state index contributed by atoms with van der Waals surface area (Å²) >= 11 is 3.37. The molecule has 5 heteroatoms. The van der Waals surface area contributed by atoms with E-state index in [2.05, 4.69) is 15.9 Å². The van der Waals surface area contributed by atoms with Crippen LogP contribution < -0.4 is 0 Å². The van der Waals surface area contributed by atoms with Crippen molar-refractivity contribution in [3.05, 3.63) is 35.4 Å². The lowest BCUT2D eigenvalue weighted by atomic mass is 10.0. The van der Waals surface area contributed by atoms with Crippen LogP contribution in [0.25, 0.3) is 0 Å². The van der Waals surface area contributed by atoms with E-state index in [0.717, 1.165) is 16.5 Å². The first-order chi connectivity index (χ1) is 9.51. The zero-order valence-corrected chi connectivity index (χ0v) is 13.0. The normalized spacial score (nSPS) is 20.2. The molecule has 0 aromatic heterocycles. The average Bonchev–Trinajstić information content (AvgIpc) is 2.79. The number of carbonyl (C=O) groups is 2. The number of carboxylic acid groups (broad SMARTS) is 1. The molecule has 0 radical (unpaired) electrons. The molecule has 1 aliphatic rings. The highest BCUT2D eigenvalue weighted by Crippen LogP contribution is 2.23. The number of halogens is 1. The zero-order valence-electron chi connectivity index (χ0n) is 11.4. The van der Waals surface area contributed by atoms with Crippen molar-refractivity contribution in [2.75, 3.05) is 11.9 Å². The molecule has 1 amide bonds. The van der Waals surface area contributed by atoms with E-state index in [1.807, 2.05) is 31.2 Å². The summed E-state index contributed by atoms with van der Waals surface area (Å²) in [6.07, 6.45) is 0.791. The van der Waals surface area contributed by atoms with Crippen LogP contribution in [0.15, 0.2) is 24.3 Å². The molecule has 1 aromatic rings. The Labute approximate surface area is 126 Å². The van der Waals surface area contributed by atoms with Gasteiger partial charge in [-0.05, 0) is 18.4 Å². The Morgan fingerprint density at radius 2 is 2.10 bits per heavy atom. The third-order valence-electron chi connectivity index (χ3n) is 3.67. The summed E-state index contributed by atoms with van der Waals surface area (Å²) < 4.78 is 0. The van der Waals surface area contributed by atoms with Crippen molar-refractivity contribution in [1.29, 1.82) is 0 Å². The van der Waals surface area contributed by atoms with Crippen LogP contribution in [0, 0.1) is 12.8 Å². The Bertz CT molecular complexity index is 500. The highest BCUT2D eigenvalue weighted by molar-refractivity contribution is 9.09. The number of hydrogen-bond acceptors (Lipinski definition) is 2. The number of aliphatic carboxylic acids is 1. The van der Waals surface area contributed by atoms with Crippen LogP contribution in [0.2, 0.25) is 0 Å². The Morgan fingerprint density at radius 1 is 1.45 bits per heavy atom. The minimum absolute atomic E-state index is 0.0611. The van der Waals surface area contributed by atoms with E-state index in [1.165, 1.54) is 4.90 Å². The monoisotopic (exact) mass is 339 g/mol. The molecule has 108 valence electrons. The third kappa shape index (κ3) is 3.39. The fraction of sp³-hybridized carbons (Fsp3) is 0.467.